The number of hydrogen-bond donors (Lipinski definition) is 1. The fourth-order valence-electron chi connectivity index (χ4n) is 1.06. The van der Waals surface area contributed by atoms with Crippen LogP contribution >= 0.6 is 15.9 Å². The van der Waals surface area contributed by atoms with Crippen molar-refractivity contribution >= 4 is 31.8 Å². The molecule has 6 heteroatoms. The second-order valence-electron chi connectivity index (χ2n) is 3.96. The summed E-state index contributed by atoms with van der Waals surface area (Å²) >= 11 is 3.26. The zero-order valence-corrected chi connectivity index (χ0v) is 11.7. The van der Waals surface area contributed by atoms with Crippen LogP contribution in [0.5, 0.6) is 0 Å². The molecular weight excluding hydrogens is 292 g/mol. The number of aromatic nitrogens is 1. The van der Waals surface area contributed by atoms with E-state index in [4.69, 9.17) is 0 Å². The normalized spacial score (nSPS) is 11.8. The van der Waals surface area contributed by atoms with Crippen molar-refractivity contribution in [3.63, 3.8) is 0 Å². The third kappa shape index (κ3) is 4.94. The van der Waals surface area contributed by atoms with Crippen LogP contribution in [0.25, 0.3) is 0 Å². The molecule has 1 heterocycles. The molecule has 0 aromatic carbocycles. The minimum atomic E-state index is -3.28. The average molecular weight is 307 g/mol. The second kappa shape index (κ2) is 5.63. The molecular formula is C10H15BrN2O2S. The first kappa shape index (κ1) is 13.4. The summed E-state index contributed by atoms with van der Waals surface area (Å²) in [6.07, 6.45) is 2.19. The zero-order chi connectivity index (χ0) is 12.2. The molecule has 4 nitrogen and oxygen atoms in total. The first-order valence-corrected chi connectivity index (χ1v) is 7.45. The van der Waals surface area contributed by atoms with Crippen LogP contribution in [0.3, 0.4) is 0 Å². The van der Waals surface area contributed by atoms with Gasteiger partial charge in [-0.25, -0.2) is 13.4 Å². The number of nitrogens with zero attached hydrogens (tertiary/aromatic N) is 1. The van der Waals surface area contributed by atoms with Gasteiger partial charge in [0.05, 0.1) is 5.75 Å². The van der Waals surface area contributed by atoms with Gasteiger partial charge in [0.2, 0.25) is 10.0 Å². The highest BCUT2D eigenvalue weighted by Gasteiger charge is 2.11. The lowest BCUT2D eigenvalue weighted by atomic mass is 10.2. The Balaban J connectivity index is 2.66. The molecule has 0 saturated carbocycles. The van der Waals surface area contributed by atoms with Crippen LogP contribution in [0.4, 0.5) is 5.82 Å². The maximum Gasteiger partial charge on any atom is 0.233 e. The highest BCUT2D eigenvalue weighted by atomic mass is 79.9. The highest BCUT2D eigenvalue weighted by Crippen LogP contribution is 2.14. The lowest BCUT2D eigenvalue weighted by molar-refractivity contribution is 0.578. The summed E-state index contributed by atoms with van der Waals surface area (Å²) in [5, 5.41) is 0. The van der Waals surface area contributed by atoms with Crippen LogP contribution in [-0.2, 0) is 10.0 Å². The molecule has 1 N–H and O–H groups in total. The average Bonchev–Trinajstić information content (AvgIpc) is 2.14. The number of rotatable bonds is 5. The molecule has 0 amide bonds. The molecule has 0 fully saturated rings. The number of nitrogens with one attached hydrogen (secondary N) is 1. The van der Waals surface area contributed by atoms with Crippen molar-refractivity contribution in [1.82, 2.24) is 4.98 Å². The van der Waals surface area contributed by atoms with Gasteiger partial charge in [-0.2, -0.15) is 0 Å². The van der Waals surface area contributed by atoms with Gasteiger partial charge in [0.15, 0.2) is 0 Å². The Labute approximate surface area is 105 Å². The van der Waals surface area contributed by atoms with Crippen LogP contribution < -0.4 is 4.72 Å². The third-order valence-corrected chi connectivity index (χ3v) is 3.73. The summed E-state index contributed by atoms with van der Waals surface area (Å²) in [5.41, 5.74) is 0. The summed E-state index contributed by atoms with van der Waals surface area (Å²) in [4.78, 5) is 3.93. The molecule has 0 aliphatic heterocycles. The predicted molar refractivity (Wildman–Crippen MR) is 68.8 cm³/mol. The maximum atomic E-state index is 11.6. The molecule has 0 aliphatic rings. The van der Waals surface area contributed by atoms with Gasteiger partial charge in [-0.3, -0.25) is 4.72 Å². The SMILES string of the molecule is CC(C)CCS(=O)(=O)Nc1cc(Br)ccn1. The first-order valence-electron chi connectivity index (χ1n) is 5.01. The van der Waals surface area contributed by atoms with Crippen molar-refractivity contribution in [2.24, 2.45) is 5.92 Å². The van der Waals surface area contributed by atoms with E-state index in [1.54, 1.807) is 18.3 Å². The van der Waals surface area contributed by atoms with Crippen LogP contribution in [0, 0.1) is 5.92 Å². The van der Waals surface area contributed by atoms with Crippen LogP contribution in [0.2, 0.25) is 0 Å². The fraction of sp³-hybridized carbons (Fsp3) is 0.500. The molecule has 1 rings (SSSR count). The number of pyridine rings is 1. The number of hydrogen-bond acceptors (Lipinski definition) is 3. The van der Waals surface area contributed by atoms with Gasteiger partial charge in [0, 0.05) is 10.7 Å². The molecule has 1 aromatic rings. The van der Waals surface area contributed by atoms with Crippen molar-refractivity contribution in [2.45, 2.75) is 20.3 Å². The molecule has 0 saturated heterocycles. The molecule has 0 atom stereocenters. The van der Waals surface area contributed by atoms with Gasteiger partial charge in [0.25, 0.3) is 0 Å². The predicted octanol–water partition coefficient (Wildman–Crippen LogP) is 2.63. The van der Waals surface area contributed by atoms with Crippen molar-refractivity contribution in [3.8, 4) is 0 Å². The van der Waals surface area contributed by atoms with E-state index in [2.05, 4.69) is 25.6 Å². The Morgan fingerprint density at radius 1 is 1.50 bits per heavy atom. The molecule has 90 valence electrons. The zero-order valence-electron chi connectivity index (χ0n) is 9.27. The minimum Gasteiger partial charge on any atom is -0.267 e. The van der Waals surface area contributed by atoms with Gasteiger partial charge in [-0.1, -0.05) is 29.8 Å². The van der Waals surface area contributed by atoms with Gasteiger partial charge in [-0.05, 0) is 24.5 Å². The second-order valence-corrected chi connectivity index (χ2v) is 6.72. The number of halogens is 1. The minimum absolute atomic E-state index is 0.124. The van der Waals surface area contributed by atoms with Gasteiger partial charge >= 0.3 is 0 Å². The smallest absolute Gasteiger partial charge is 0.233 e. The first-order chi connectivity index (χ1) is 7.39. The van der Waals surface area contributed by atoms with Crippen molar-refractivity contribution < 1.29 is 8.42 Å². The van der Waals surface area contributed by atoms with Gasteiger partial charge < -0.3 is 0 Å². The summed E-state index contributed by atoms with van der Waals surface area (Å²) < 4.78 is 26.5. The summed E-state index contributed by atoms with van der Waals surface area (Å²) in [7, 11) is -3.28. The van der Waals surface area contributed by atoms with E-state index in [0.29, 0.717) is 18.2 Å². The van der Waals surface area contributed by atoms with E-state index in [-0.39, 0.29) is 5.75 Å². The molecule has 0 bridgehead atoms. The largest absolute Gasteiger partial charge is 0.267 e. The number of sulfonamides is 1. The van der Waals surface area contributed by atoms with E-state index in [1.807, 2.05) is 13.8 Å². The quantitative estimate of drug-likeness (QED) is 0.909. The molecule has 0 spiro atoms. The Morgan fingerprint density at radius 2 is 2.19 bits per heavy atom. The third-order valence-electron chi connectivity index (χ3n) is 1.95. The molecule has 0 unspecified atom stereocenters. The van der Waals surface area contributed by atoms with Crippen LogP contribution in [0.15, 0.2) is 22.8 Å². The van der Waals surface area contributed by atoms with E-state index in [0.717, 1.165) is 4.47 Å². The lowest BCUT2D eigenvalue weighted by Gasteiger charge is -2.08. The van der Waals surface area contributed by atoms with E-state index in [9.17, 15) is 8.42 Å². The fourth-order valence-corrected chi connectivity index (χ4v) is 2.71. The monoisotopic (exact) mass is 306 g/mol. The summed E-state index contributed by atoms with van der Waals surface area (Å²) in [6.45, 7) is 3.99. The lowest BCUT2D eigenvalue weighted by Crippen LogP contribution is -2.18. The van der Waals surface area contributed by atoms with E-state index >= 15 is 0 Å². The Hall–Kier alpha value is -0.620. The molecule has 0 radical (unpaired) electrons. The van der Waals surface area contributed by atoms with Crippen molar-refractivity contribution in [2.75, 3.05) is 10.5 Å². The molecule has 16 heavy (non-hydrogen) atoms. The van der Waals surface area contributed by atoms with Crippen LogP contribution in [-0.4, -0.2) is 19.2 Å². The van der Waals surface area contributed by atoms with Crippen molar-refractivity contribution in [1.29, 1.82) is 0 Å². The standard InChI is InChI=1S/C10H15BrN2O2S/c1-8(2)4-6-16(14,15)13-10-7-9(11)3-5-12-10/h3,5,7-8H,4,6H2,1-2H3,(H,12,13). The molecule has 1 aromatic heterocycles. The van der Waals surface area contributed by atoms with E-state index < -0.39 is 10.0 Å². The summed E-state index contributed by atoms with van der Waals surface area (Å²) in [6, 6.07) is 3.37. The topological polar surface area (TPSA) is 59.1 Å². The Bertz CT molecular complexity index is 446. The van der Waals surface area contributed by atoms with Gasteiger partial charge in [0.1, 0.15) is 5.82 Å². The summed E-state index contributed by atoms with van der Waals surface area (Å²) in [5.74, 6) is 0.837. The number of anilines is 1. The Kier molecular flexibility index (Phi) is 4.73. The highest BCUT2D eigenvalue weighted by molar-refractivity contribution is 9.10. The van der Waals surface area contributed by atoms with E-state index in [1.165, 1.54) is 0 Å². The van der Waals surface area contributed by atoms with Crippen molar-refractivity contribution in [3.05, 3.63) is 22.8 Å². The molecule has 0 aliphatic carbocycles. The Morgan fingerprint density at radius 3 is 2.75 bits per heavy atom. The van der Waals surface area contributed by atoms with Gasteiger partial charge in [-0.15, -0.1) is 0 Å². The maximum absolute atomic E-state index is 11.6. The van der Waals surface area contributed by atoms with Crippen LogP contribution in [0.1, 0.15) is 20.3 Å².